The molecule has 1 heterocycles. The minimum absolute atomic E-state index is 0.0974. The number of anilines is 1. The molecule has 0 unspecified atom stereocenters. The summed E-state index contributed by atoms with van der Waals surface area (Å²) in [5, 5.41) is 0. The van der Waals surface area contributed by atoms with Crippen molar-refractivity contribution in [2.45, 2.75) is 39.7 Å². The molecule has 0 aliphatic carbocycles. The Bertz CT molecular complexity index is 639. The second kappa shape index (κ2) is 4.89. The summed E-state index contributed by atoms with van der Waals surface area (Å²) in [6, 6.07) is 3.29. The highest BCUT2D eigenvalue weighted by Crippen LogP contribution is 2.33. The molecule has 2 aromatic rings. The molecule has 2 rings (SSSR count). The molecule has 20 heavy (non-hydrogen) atoms. The maximum Gasteiger partial charge on any atom is 0.132 e. The van der Waals surface area contributed by atoms with Crippen molar-refractivity contribution in [1.29, 1.82) is 0 Å². The van der Waals surface area contributed by atoms with Gasteiger partial charge in [-0.25, -0.2) is 13.8 Å². The summed E-state index contributed by atoms with van der Waals surface area (Å²) < 4.78 is 29.1. The van der Waals surface area contributed by atoms with Crippen molar-refractivity contribution >= 4 is 5.82 Å². The standard InChI is InChI=1S/C15H19F2N3/c1-5-20-13(18)12(19-14(20)15(2,3)4)10-8-9(16)6-7-11(10)17/h6-8H,5,18H2,1-4H3. The van der Waals surface area contributed by atoms with Crippen molar-refractivity contribution in [2.75, 3.05) is 5.73 Å². The van der Waals surface area contributed by atoms with Gasteiger partial charge in [0.15, 0.2) is 0 Å². The predicted octanol–water partition coefficient (Wildman–Crippen LogP) is 3.73. The van der Waals surface area contributed by atoms with E-state index < -0.39 is 11.6 Å². The number of benzene rings is 1. The van der Waals surface area contributed by atoms with E-state index in [1.165, 1.54) is 0 Å². The third-order valence-corrected chi connectivity index (χ3v) is 3.18. The molecule has 0 spiro atoms. The van der Waals surface area contributed by atoms with Crippen molar-refractivity contribution in [3.63, 3.8) is 0 Å². The SMILES string of the molecule is CCn1c(C(C)(C)C)nc(-c2cc(F)ccc2F)c1N. The average Bonchev–Trinajstić information content (AvgIpc) is 2.69. The second-order valence-electron chi connectivity index (χ2n) is 5.79. The fourth-order valence-electron chi connectivity index (χ4n) is 2.24. The molecule has 0 atom stereocenters. The molecule has 0 amide bonds. The molecule has 1 aromatic heterocycles. The van der Waals surface area contributed by atoms with Crippen molar-refractivity contribution in [2.24, 2.45) is 0 Å². The highest BCUT2D eigenvalue weighted by molar-refractivity contribution is 5.71. The molecular weight excluding hydrogens is 260 g/mol. The number of rotatable bonds is 2. The highest BCUT2D eigenvalue weighted by Gasteiger charge is 2.25. The Labute approximate surface area is 117 Å². The van der Waals surface area contributed by atoms with Crippen LogP contribution in [0.5, 0.6) is 0 Å². The van der Waals surface area contributed by atoms with Crippen molar-refractivity contribution in [3.05, 3.63) is 35.7 Å². The number of aromatic nitrogens is 2. The Kier molecular flexibility index (Phi) is 3.54. The lowest BCUT2D eigenvalue weighted by Gasteiger charge is -2.19. The summed E-state index contributed by atoms with van der Waals surface area (Å²) in [4.78, 5) is 4.46. The summed E-state index contributed by atoms with van der Waals surface area (Å²) in [5.41, 5.74) is 6.24. The van der Waals surface area contributed by atoms with Crippen LogP contribution in [0.1, 0.15) is 33.5 Å². The molecule has 0 aliphatic heterocycles. The first-order chi connectivity index (χ1) is 9.25. The van der Waals surface area contributed by atoms with Gasteiger partial charge in [0.1, 0.15) is 29.0 Å². The average molecular weight is 279 g/mol. The molecule has 1 aromatic carbocycles. The van der Waals surface area contributed by atoms with E-state index in [9.17, 15) is 8.78 Å². The summed E-state index contributed by atoms with van der Waals surface area (Å²) in [6.07, 6.45) is 0. The number of hydrogen-bond donors (Lipinski definition) is 1. The van der Waals surface area contributed by atoms with Crippen LogP contribution < -0.4 is 5.73 Å². The molecule has 2 N–H and O–H groups in total. The van der Waals surface area contributed by atoms with Crippen LogP contribution in [-0.2, 0) is 12.0 Å². The van der Waals surface area contributed by atoms with Gasteiger partial charge in [-0.1, -0.05) is 20.8 Å². The second-order valence-corrected chi connectivity index (χ2v) is 5.79. The van der Waals surface area contributed by atoms with E-state index in [1.807, 2.05) is 32.3 Å². The maximum absolute atomic E-state index is 13.9. The number of halogens is 2. The van der Waals surface area contributed by atoms with Gasteiger partial charge in [-0.3, -0.25) is 0 Å². The number of nitrogens with zero attached hydrogens (tertiary/aromatic N) is 2. The molecule has 0 bridgehead atoms. The Morgan fingerprint density at radius 1 is 1.25 bits per heavy atom. The van der Waals surface area contributed by atoms with Gasteiger partial charge in [-0.15, -0.1) is 0 Å². The Hall–Kier alpha value is -1.91. The van der Waals surface area contributed by atoms with E-state index in [0.29, 0.717) is 18.1 Å². The lowest BCUT2D eigenvalue weighted by molar-refractivity contribution is 0.508. The lowest BCUT2D eigenvalue weighted by Crippen LogP contribution is -2.19. The third-order valence-electron chi connectivity index (χ3n) is 3.18. The van der Waals surface area contributed by atoms with Crippen LogP contribution in [0, 0.1) is 11.6 Å². The smallest absolute Gasteiger partial charge is 0.132 e. The molecular formula is C15H19F2N3. The van der Waals surface area contributed by atoms with Gasteiger partial charge in [0.05, 0.1) is 0 Å². The van der Waals surface area contributed by atoms with E-state index in [2.05, 4.69) is 4.98 Å². The molecule has 0 fully saturated rings. The van der Waals surface area contributed by atoms with Gasteiger partial charge in [0, 0.05) is 17.5 Å². The van der Waals surface area contributed by atoms with Gasteiger partial charge < -0.3 is 10.3 Å². The minimum Gasteiger partial charge on any atom is -0.383 e. The first-order valence-corrected chi connectivity index (χ1v) is 6.57. The number of nitrogens with two attached hydrogens (primary N) is 1. The molecule has 108 valence electrons. The van der Waals surface area contributed by atoms with Crippen LogP contribution in [0.3, 0.4) is 0 Å². The van der Waals surface area contributed by atoms with E-state index in [-0.39, 0.29) is 11.0 Å². The van der Waals surface area contributed by atoms with E-state index in [1.54, 1.807) is 0 Å². The Balaban J connectivity index is 2.70. The first kappa shape index (κ1) is 14.5. The van der Waals surface area contributed by atoms with Crippen LogP contribution >= 0.6 is 0 Å². The fraction of sp³-hybridized carbons (Fsp3) is 0.400. The third kappa shape index (κ3) is 2.40. The fourth-order valence-corrected chi connectivity index (χ4v) is 2.24. The van der Waals surface area contributed by atoms with E-state index in [4.69, 9.17) is 5.73 Å². The van der Waals surface area contributed by atoms with Crippen molar-refractivity contribution in [3.8, 4) is 11.3 Å². The minimum atomic E-state index is -0.528. The monoisotopic (exact) mass is 279 g/mol. The lowest BCUT2D eigenvalue weighted by atomic mass is 9.95. The molecule has 0 radical (unpaired) electrons. The van der Waals surface area contributed by atoms with Crippen LogP contribution in [0.15, 0.2) is 18.2 Å². The maximum atomic E-state index is 13.9. The van der Waals surface area contributed by atoms with Crippen LogP contribution in [0.25, 0.3) is 11.3 Å². The zero-order valence-corrected chi connectivity index (χ0v) is 12.2. The summed E-state index contributed by atoms with van der Waals surface area (Å²) in [5.74, 6) is 0.0848. The van der Waals surface area contributed by atoms with Gasteiger partial charge in [-0.05, 0) is 25.1 Å². The number of hydrogen-bond acceptors (Lipinski definition) is 2. The van der Waals surface area contributed by atoms with Crippen LogP contribution in [-0.4, -0.2) is 9.55 Å². The summed E-state index contributed by atoms with van der Waals surface area (Å²) >= 11 is 0. The normalized spacial score (nSPS) is 11.9. The topological polar surface area (TPSA) is 43.8 Å². The number of imidazole rings is 1. The zero-order valence-electron chi connectivity index (χ0n) is 12.2. The Morgan fingerprint density at radius 2 is 1.90 bits per heavy atom. The molecule has 0 aliphatic rings. The van der Waals surface area contributed by atoms with Crippen molar-refractivity contribution < 1.29 is 8.78 Å². The highest BCUT2D eigenvalue weighted by atomic mass is 19.1. The predicted molar refractivity (Wildman–Crippen MR) is 76.4 cm³/mol. The zero-order chi connectivity index (χ0) is 15.1. The van der Waals surface area contributed by atoms with Crippen LogP contribution in [0.4, 0.5) is 14.6 Å². The molecule has 5 heteroatoms. The molecule has 0 saturated carbocycles. The van der Waals surface area contributed by atoms with Crippen molar-refractivity contribution in [1.82, 2.24) is 9.55 Å². The van der Waals surface area contributed by atoms with Gasteiger partial charge in [0.2, 0.25) is 0 Å². The molecule has 0 saturated heterocycles. The van der Waals surface area contributed by atoms with E-state index in [0.717, 1.165) is 24.0 Å². The summed E-state index contributed by atoms with van der Waals surface area (Å²) in [6.45, 7) is 8.59. The van der Waals surface area contributed by atoms with Gasteiger partial charge in [0.25, 0.3) is 0 Å². The van der Waals surface area contributed by atoms with Gasteiger partial charge in [-0.2, -0.15) is 0 Å². The summed E-state index contributed by atoms with van der Waals surface area (Å²) in [7, 11) is 0. The van der Waals surface area contributed by atoms with Gasteiger partial charge >= 0.3 is 0 Å². The Morgan fingerprint density at radius 3 is 2.40 bits per heavy atom. The van der Waals surface area contributed by atoms with Crippen LogP contribution in [0.2, 0.25) is 0 Å². The quantitative estimate of drug-likeness (QED) is 0.910. The number of nitrogen functional groups attached to an aromatic ring is 1. The molecule has 3 nitrogen and oxygen atoms in total. The van der Waals surface area contributed by atoms with E-state index >= 15 is 0 Å². The first-order valence-electron chi connectivity index (χ1n) is 6.57. The largest absolute Gasteiger partial charge is 0.383 e.